The number of rotatable bonds is 7. The van der Waals surface area contributed by atoms with Gasteiger partial charge >= 0.3 is 0 Å². The molecule has 0 radical (unpaired) electrons. The third-order valence-electron chi connectivity index (χ3n) is 5.03. The lowest BCUT2D eigenvalue weighted by molar-refractivity contribution is -0.385. The molecule has 0 atom stereocenters. The standard InChI is InChI=1S/C21H23ClN4O4/c22-18-7-5-16(6-8-18)13-21(28)25-11-9-24(10-12-25)15-20(27)23-14-17-3-1-2-4-19(17)26(29)30/h1-8H,9-15H2,(H,23,27). The van der Waals surface area contributed by atoms with Crippen LogP contribution in [0.15, 0.2) is 48.5 Å². The maximum atomic E-state index is 12.5. The lowest BCUT2D eigenvalue weighted by Gasteiger charge is -2.34. The van der Waals surface area contributed by atoms with Gasteiger partial charge in [0, 0.05) is 49.4 Å². The molecule has 9 heteroatoms. The fourth-order valence-electron chi connectivity index (χ4n) is 3.34. The van der Waals surface area contributed by atoms with E-state index >= 15 is 0 Å². The van der Waals surface area contributed by atoms with E-state index in [1.807, 2.05) is 17.0 Å². The Kier molecular flexibility index (Phi) is 7.37. The van der Waals surface area contributed by atoms with Crippen LogP contribution in [0.4, 0.5) is 5.69 Å². The third-order valence-corrected chi connectivity index (χ3v) is 5.28. The number of halogens is 1. The van der Waals surface area contributed by atoms with Crippen molar-refractivity contribution < 1.29 is 14.5 Å². The smallest absolute Gasteiger partial charge is 0.274 e. The maximum absolute atomic E-state index is 12.5. The first-order valence-electron chi connectivity index (χ1n) is 9.66. The predicted octanol–water partition coefficient (Wildman–Crippen LogP) is 2.25. The van der Waals surface area contributed by atoms with E-state index < -0.39 is 4.92 Å². The number of benzene rings is 2. The van der Waals surface area contributed by atoms with Crippen molar-refractivity contribution >= 4 is 29.1 Å². The molecule has 0 saturated carbocycles. The van der Waals surface area contributed by atoms with E-state index in [9.17, 15) is 19.7 Å². The van der Waals surface area contributed by atoms with Crippen LogP contribution in [0.5, 0.6) is 0 Å². The highest BCUT2D eigenvalue weighted by atomic mass is 35.5. The molecule has 0 spiro atoms. The molecule has 1 aliphatic rings. The minimum absolute atomic E-state index is 0.00869. The van der Waals surface area contributed by atoms with Crippen molar-refractivity contribution in [3.63, 3.8) is 0 Å². The SMILES string of the molecule is O=C(CN1CCN(C(=O)Cc2ccc(Cl)cc2)CC1)NCc1ccccc1[N+](=O)[O-]. The molecule has 0 unspecified atom stereocenters. The van der Waals surface area contributed by atoms with Gasteiger partial charge in [-0.2, -0.15) is 0 Å². The molecule has 1 fully saturated rings. The zero-order valence-corrected chi connectivity index (χ0v) is 17.2. The second-order valence-corrected chi connectivity index (χ2v) is 7.56. The second-order valence-electron chi connectivity index (χ2n) is 7.12. The minimum atomic E-state index is -0.457. The van der Waals surface area contributed by atoms with Gasteiger partial charge in [0.15, 0.2) is 0 Å². The van der Waals surface area contributed by atoms with E-state index in [2.05, 4.69) is 5.32 Å². The normalized spacial score (nSPS) is 14.4. The molecule has 1 aliphatic heterocycles. The number of carbonyl (C=O) groups is 2. The third kappa shape index (κ3) is 6.01. The van der Waals surface area contributed by atoms with Crippen molar-refractivity contribution in [1.82, 2.24) is 15.1 Å². The van der Waals surface area contributed by atoms with Gasteiger partial charge in [0.25, 0.3) is 5.69 Å². The summed E-state index contributed by atoms with van der Waals surface area (Å²) in [6, 6.07) is 13.6. The van der Waals surface area contributed by atoms with Crippen LogP contribution in [-0.4, -0.2) is 59.3 Å². The Balaban J connectivity index is 1.42. The summed E-state index contributed by atoms with van der Waals surface area (Å²) in [5.41, 5.74) is 1.38. The highest BCUT2D eigenvalue weighted by Gasteiger charge is 2.22. The van der Waals surface area contributed by atoms with Crippen LogP contribution in [0.2, 0.25) is 5.02 Å². The molecule has 1 N–H and O–H groups in total. The first-order valence-corrected chi connectivity index (χ1v) is 10.0. The van der Waals surface area contributed by atoms with Crippen LogP contribution >= 0.6 is 11.6 Å². The number of piperazine rings is 1. The first kappa shape index (κ1) is 21.7. The molecule has 1 saturated heterocycles. The van der Waals surface area contributed by atoms with Gasteiger partial charge in [0.1, 0.15) is 0 Å². The zero-order valence-electron chi connectivity index (χ0n) is 16.4. The number of nitrogens with zero attached hydrogens (tertiary/aromatic N) is 3. The second kappa shape index (κ2) is 10.2. The molecule has 2 amide bonds. The Morgan fingerprint density at radius 2 is 1.70 bits per heavy atom. The summed E-state index contributed by atoms with van der Waals surface area (Å²) in [4.78, 5) is 39.1. The van der Waals surface area contributed by atoms with Crippen molar-refractivity contribution in [2.24, 2.45) is 0 Å². The quantitative estimate of drug-likeness (QED) is 0.537. The molecular formula is C21H23ClN4O4. The number of hydrogen-bond acceptors (Lipinski definition) is 5. The van der Waals surface area contributed by atoms with Crippen molar-refractivity contribution in [2.75, 3.05) is 32.7 Å². The van der Waals surface area contributed by atoms with Gasteiger partial charge in [0.05, 0.1) is 17.9 Å². The number of para-hydroxylation sites is 1. The molecule has 8 nitrogen and oxygen atoms in total. The fourth-order valence-corrected chi connectivity index (χ4v) is 3.46. The summed E-state index contributed by atoms with van der Waals surface area (Å²) in [5.74, 6) is -0.146. The van der Waals surface area contributed by atoms with E-state index in [1.165, 1.54) is 6.07 Å². The van der Waals surface area contributed by atoms with E-state index in [0.29, 0.717) is 43.2 Å². The Hall–Kier alpha value is -2.97. The highest BCUT2D eigenvalue weighted by Crippen LogP contribution is 2.17. The molecule has 30 heavy (non-hydrogen) atoms. The fraction of sp³-hybridized carbons (Fsp3) is 0.333. The number of carbonyl (C=O) groups excluding carboxylic acids is 2. The predicted molar refractivity (Wildman–Crippen MR) is 113 cm³/mol. The summed E-state index contributed by atoms with van der Waals surface area (Å²) < 4.78 is 0. The average Bonchev–Trinajstić information content (AvgIpc) is 2.74. The molecule has 158 valence electrons. The number of nitrogens with one attached hydrogen (secondary N) is 1. The number of hydrogen-bond donors (Lipinski definition) is 1. The largest absolute Gasteiger partial charge is 0.351 e. The highest BCUT2D eigenvalue weighted by molar-refractivity contribution is 6.30. The van der Waals surface area contributed by atoms with Gasteiger partial charge in [-0.3, -0.25) is 24.6 Å². The van der Waals surface area contributed by atoms with E-state index in [1.54, 1.807) is 35.2 Å². The van der Waals surface area contributed by atoms with Gasteiger partial charge in [-0.05, 0) is 17.7 Å². The van der Waals surface area contributed by atoms with Crippen LogP contribution < -0.4 is 5.32 Å². The molecule has 1 heterocycles. The summed E-state index contributed by atoms with van der Waals surface area (Å²) in [6.45, 7) is 2.62. The van der Waals surface area contributed by atoms with Gasteiger partial charge in [0.2, 0.25) is 11.8 Å². The van der Waals surface area contributed by atoms with Crippen molar-refractivity contribution in [3.05, 3.63) is 74.8 Å². The Labute approximate surface area is 179 Å². The molecule has 0 aromatic heterocycles. The molecule has 0 bridgehead atoms. The molecular weight excluding hydrogens is 408 g/mol. The minimum Gasteiger partial charge on any atom is -0.351 e. The number of amides is 2. The Morgan fingerprint density at radius 1 is 1.03 bits per heavy atom. The van der Waals surface area contributed by atoms with Crippen LogP contribution in [0, 0.1) is 10.1 Å². The lowest BCUT2D eigenvalue weighted by Crippen LogP contribution is -2.51. The summed E-state index contributed by atoms with van der Waals surface area (Å²) >= 11 is 5.87. The first-order chi connectivity index (χ1) is 14.4. The molecule has 0 aliphatic carbocycles. The van der Waals surface area contributed by atoms with Gasteiger partial charge in [-0.15, -0.1) is 0 Å². The van der Waals surface area contributed by atoms with Gasteiger partial charge in [-0.1, -0.05) is 41.9 Å². The lowest BCUT2D eigenvalue weighted by atomic mass is 10.1. The van der Waals surface area contributed by atoms with Crippen LogP contribution in [0.3, 0.4) is 0 Å². The van der Waals surface area contributed by atoms with Crippen LogP contribution in [0.25, 0.3) is 0 Å². The zero-order chi connectivity index (χ0) is 21.5. The van der Waals surface area contributed by atoms with E-state index in [0.717, 1.165) is 5.56 Å². The monoisotopic (exact) mass is 430 g/mol. The number of nitro groups is 1. The van der Waals surface area contributed by atoms with Crippen LogP contribution in [-0.2, 0) is 22.6 Å². The summed E-state index contributed by atoms with van der Waals surface area (Å²) in [7, 11) is 0. The van der Waals surface area contributed by atoms with Crippen molar-refractivity contribution in [3.8, 4) is 0 Å². The Morgan fingerprint density at radius 3 is 2.37 bits per heavy atom. The molecule has 2 aromatic rings. The van der Waals surface area contributed by atoms with Crippen molar-refractivity contribution in [1.29, 1.82) is 0 Å². The summed E-state index contributed by atoms with van der Waals surface area (Å²) in [5, 5.41) is 14.4. The Bertz CT molecular complexity index is 911. The van der Waals surface area contributed by atoms with Gasteiger partial charge < -0.3 is 10.2 Å². The summed E-state index contributed by atoms with van der Waals surface area (Å²) in [6.07, 6.45) is 0.327. The average molecular weight is 431 g/mol. The molecule has 2 aromatic carbocycles. The topological polar surface area (TPSA) is 95.8 Å². The van der Waals surface area contributed by atoms with Crippen LogP contribution in [0.1, 0.15) is 11.1 Å². The van der Waals surface area contributed by atoms with E-state index in [-0.39, 0.29) is 30.6 Å². The van der Waals surface area contributed by atoms with Crippen molar-refractivity contribution in [2.45, 2.75) is 13.0 Å². The number of nitro benzene ring substituents is 1. The molecule has 3 rings (SSSR count). The van der Waals surface area contributed by atoms with E-state index in [4.69, 9.17) is 11.6 Å². The van der Waals surface area contributed by atoms with Gasteiger partial charge in [-0.25, -0.2) is 0 Å². The maximum Gasteiger partial charge on any atom is 0.274 e.